The van der Waals surface area contributed by atoms with Gasteiger partial charge in [0.25, 0.3) is 0 Å². The molecule has 0 spiro atoms. The molecular formula is C11H24N2O2S. The first kappa shape index (κ1) is 13.9. The van der Waals surface area contributed by atoms with Gasteiger partial charge in [-0.25, -0.2) is 12.7 Å². The first-order valence-corrected chi connectivity index (χ1v) is 7.53. The molecule has 1 rings (SSSR count). The second-order valence-corrected chi connectivity index (χ2v) is 7.63. The molecule has 1 heterocycles. The predicted octanol–water partition coefficient (Wildman–Crippen LogP) is 1.18. The molecule has 1 aliphatic rings. The number of hydrogen-bond acceptors (Lipinski definition) is 3. The Hall–Kier alpha value is -0.130. The van der Waals surface area contributed by atoms with Crippen molar-refractivity contribution in [3.8, 4) is 0 Å². The van der Waals surface area contributed by atoms with Crippen molar-refractivity contribution < 1.29 is 8.42 Å². The molecule has 0 aromatic heterocycles. The van der Waals surface area contributed by atoms with E-state index >= 15 is 0 Å². The van der Waals surface area contributed by atoms with Crippen LogP contribution in [-0.2, 0) is 10.0 Å². The second-order valence-electron chi connectivity index (χ2n) is 5.41. The third-order valence-electron chi connectivity index (χ3n) is 3.36. The van der Waals surface area contributed by atoms with E-state index < -0.39 is 15.3 Å². The molecule has 1 atom stereocenters. The van der Waals surface area contributed by atoms with Crippen molar-refractivity contribution in [1.29, 1.82) is 0 Å². The monoisotopic (exact) mass is 248 g/mol. The van der Waals surface area contributed by atoms with Crippen molar-refractivity contribution in [2.75, 3.05) is 19.6 Å². The van der Waals surface area contributed by atoms with Crippen LogP contribution in [-0.4, -0.2) is 37.6 Å². The maximum Gasteiger partial charge on any atom is 0.218 e. The van der Waals surface area contributed by atoms with E-state index in [0.717, 1.165) is 12.8 Å². The lowest BCUT2D eigenvalue weighted by Gasteiger charge is -2.38. The summed E-state index contributed by atoms with van der Waals surface area (Å²) in [5.41, 5.74) is 5.63. The van der Waals surface area contributed by atoms with Crippen molar-refractivity contribution in [3.05, 3.63) is 0 Å². The molecule has 96 valence electrons. The van der Waals surface area contributed by atoms with E-state index in [9.17, 15) is 8.42 Å². The van der Waals surface area contributed by atoms with Gasteiger partial charge in [-0.2, -0.15) is 0 Å². The molecule has 4 nitrogen and oxygen atoms in total. The lowest BCUT2D eigenvalue weighted by molar-refractivity contribution is 0.185. The zero-order valence-electron chi connectivity index (χ0n) is 10.6. The third kappa shape index (κ3) is 2.96. The van der Waals surface area contributed by atoms with Crippen LogP contribution >= 0.6 is 0 Å². The van der Waals surface area contributed by atoms with Crippen molar-refractivity contribution in [1.82, 2.24) is 4.31 Å². The zero-order chi connectivity index (χ0) is 12.4. The van der Waals surface area contributed by atoms with E-state index in [4.69, 9.17) is 5.73 Å². The van der Waals surface area contributed by atoms with Crippen molar-refractivity contribution in [2.45, 2.75) is 45.3 Å². The topological polar surface area (TPSA) is 63.4 Å². The third-order valence-corrected chi connectivity index (χ3v) is 5.76. The molecule has 1 fully saturated rings. The van der Waals surface area contributed by atoms with Gasteiger partial charge in [-0.3, -0.25) is 0 Å². The molecule has 0 amide bonds. The van der Waals surface area contributed by atoms with E-state index in [1.54, 1.807) is 4.31 Å². The Morgan fingerprint density at radius 1 is 1.44 bits per heavy atom. The highest BCUT2D eigenvalue weighted by atomic mass is 32.2. The van der Waals surface area contributed by atoms with Crippen molar-refractivity contribution in [3.63, 3.8) is 0 Å². The van der Waals surface area contributed by atoms with Crippen LogP contribution < -0.4 is 5.73 Å². The fourth-order valence-corrected chi connectivity index (χ4v) is 4.30. The van der Waals surface area contributed by atoms with Gasteiger partial charge in [0.15, 0.2) is 0 Å². The number of hydrogen-bond donors (Lipinski definition) is 1. The summed E-state index contributed by atoms with van der Waals surface area (Å²) in [6.07, 6.45) is 2.64. The van der Waals surface area contributed by atoms with E-state index in [1.165, 1.54) is 0 Å². The van der Waals surface area contributed by atoms with Gasteiger partial charge in [-0.1, -0.05) is 20.8 Å². The van der Waals surface area contributed by atoms with Crippen LogP contribution in [0.5, 0.6) is 0 Å². The largest absolute Gasteiger partial charge is 0.329 e. The highest BCUT2D eigenvalue weighted by Gasteiger charge is 2.36. The maximum atomic E-state index is 12.3. The normalized spacial score (nSPS) is 24.2. The fraction of sp³-hybridized carbons (Fsp3) is 1.00. The van der Waals surface area contributed by atoms with Gasteiger partial charge in [0.1, 0.15) is 0 Å². The predicted molar refractivity (Wildman–Crippen MR) is 66.6 cm³/mol. The quantitative estimate of drug-likeness (QED) is 0.812. The van der Waals surface area contributed by atoms with E-state index in [1.807, 2.05) is 6.92 Å². The van der Waals surface area contributed by atoms with E-state index in [2.05, 4.69) is 13.8 Å². The Kier molecular flexibility index (Phi) is 4.37. The molecule has 16 heavy (non-hydrogen) atoms. The minimum atomic E-state index is -3.19. The zero-order valence-corrected chi connectivity index (χ0v) is 11.4. The summed E-state index contributed by atoms with van der Waals surface area (Å²) >= 11 is 0. The van der Waals surface area contributed by atoms with Gasteiger partial charge < -0.3 is 5.73 Å². The van der Waals surface area contributed by atoms with E-state index in [0.29, 0.717) is 19.5 Å². The Bertz CT molecular complexity index is 321. The second kappa shape index (κ2) is 5.02. The highest BCUT2D eigenvalue weighted by molar-refractivity contribution is 7.89. The maximum absolute atomic E-state index is 12.3. The van der Waals surface area contributed by atoms with Crippen molar-refractivity contribution >= 4 is 10.0 Å². The summed E-state index contributed by atoms with van der Waals surface area (Å²) in [7, 11) is -3.19. The summed E-state index contributed by atoms with van der Waals surface area (Å²) in [6.45, 7) is 7.63. The van der Waals surface area contributed by atoms with Crippen molar-refractivity contribution in [2.24, 2.45) is 11.1 Å². The Morgan fingerprint density at radius 3 is 2.50 bits per heavy atom. The Balaban J connectivity index is 2.83. The first-order valence-electron chi connectivity index (χ1n) is 6.02. The number of piperidine rings is 1. The first-order chi connectivity index (χ1) is 7.33. The van der Waals surface area contributed by atoms with Gasteiger partial charge in [0, 0.05) is 19.6 Å². The average Bonchev–Trinajstić information content (AvgIpc) is 2.17. The molecule has 1 unspecified atom stereocenters. The molecular weight excluding hydrogens is 224 g/mol. The summed E-state index contributed by atoms with van der Waals surface area (Å²) in [5, 5.41) is -0.415. The van der Waals surface area contributed by atoms with E-state index in [-0.39, 0.29) is 12.0 Å². The smallest absolute Gasteiger partial charge is 0.218 e. The van der Waals surface area contributed by atoms with Gasteiger partial charge in [-0.15, -0.1) is 0 Å². The Morgan fingerprint density at radius 2 is 2.06 bits per heavy atom. The van der Waals surface area contributed by atoms with Gasteiger partial charge in [0.2, 0.25) is 10.0 Å². The molecule has 0 saturated carbocycles. The van der Waals surface area contributed by atoms with Gasteiger partial charge in [-0.05, 0) is 24.7 Å². The lowest BCUT2D eigenvalue weighted by Crippen LogP contribution is -2.48. The van der Waals surface area contributed by atoms with Gasteiger partial charge in [0.05, 0.1) is 5.25 Å². The van der Waals surface area contributed by atoms with Crippen LogP contribution in [0.15, 0.2) is 0 Å². The summed E-state index contributed by atoms with van der Waals surface area (Å²) in [6, 6.07) is 0. The summed E-state index contributed by atoms with van der Waals surface area (Å²) in [5.74, 6) is 0. The van der Waals surface area contributed by atoms with Crippen LogP contribution in [0.25, 0.3) is 0 Å². The number of rotatable bonds is 4. The van der Waals surface area contributed by atoms with Crippen LogP contribution in [0.3, 0.4) is 0 Å². The Labute approximate surface area is 99.2 Å². The summed E-state index contributed by atoms with van der Waals surface area (Å²) < 4.78 is 26.2. The molecule has 5 heteroatoms. The lowest BCUT2D eigenvalue weighted by atomic mass is 9.85. The fourth-order valence-electron chi connectivity index (χ4n) is 2.30. The molecule has 0 aromatic carbocycles. The molecule has 0 aliphatic carbocycles. The van der Waals surface area contributed by atoms with Gasteiger partial charge >= 0.3 is 0 Å². The number of nitrogens with zero attached hydrogens (tertiary/aromatic N) is 1. The van der Waals surface area contributed by atoms with Crippen LogP contribution in [0, 0.1) is 5.41 Å². The molecule has 0 bridgehead atoms. The van der Waals surface area contributed by atoms with Crippen LogP contribution in [0.1, 0.15) is 40.0 Å². The standard InChI is InChI=1S/C11H24N2O2S/c1-4-10(8-12)16(14,15)13-7-5-6-11(2,3)9-13/h10H,4-9,12H2,1-3H3. The summed E-state index contributed by atoms with van der Waals surface area (Å²) in [4.78, 5) is 0. The molecule has 0 aromatic rings. The van der Waals surface area contributed by atoms with Crippen LogP contribution in [0.2, 0.25) is 0 Å². The SMILES string of the molecule is CCC(CN)S(=O)(=O)N1CCCC(C)(C)C1. The van der Waals surface area contributed by atoms with Crippen LogP contribution in [0.4, 0.5) is 0 Å². The average molecular weight is 248 g/mol. The minimum absolute atomic E-state index is 0.0954. The highest BCUT2D eigenvalue weighted by Crippen LogP contribution is 2.31. The number of nitrogens with two attached hydrogens (primary N) is 1. The molecule has 1 aliphatic heterocycles. The minimum Gasteiger partial charge on any atom is -0.329 e. The molecule has 2 N–H and O–H groups in total. The number of sulfonamides is 1. The molecule has 1 saturated heterocycles. The molecule has 0 radical (unpaired) electrons.